The SMILES string of the molecule is C=C1C(/C2=C/CCN(c3ccc(C4CC4)cc3F)CCC2)=CC/C1=C/C=C\C. The summed E-state index contributed by atoms with van der Waals surface area (Å²) in [5.41, 5.74) is 7.16. The molecule has 0 spiro atoms. The van der Waals surface area contributed by atoms with Crippen molar-refractivity contribution in [3.8, 4) is 0 Å². The maximum atomic E-state index is 14.7. The zero-order valence-electron chi connectivity index (χ0n) is 16.9. The molecule has 28 heavy (non-hydrogen) atoms. The van der Waals surface area contributed by atoms with Crippen LogP contribution in [0.2, 0.25) is 0 Å². The van der Waals surface area contributed by atoms with Gasteiger partial charge in [0, 0.05) is 13.1 Å². The van der Waals surface area contributed by atoms with E-state index >= 15 is 0 Å². The van der Waals surface area contributed by atoms with Gasteiger partial charge in [-0.15, -0.1) is 0 Å². The van der Waals surface area contributed by atoms with Crippen LogP contribution in [0.5, 0.6) is 0 Å². The molecule has 0 aromatic heterocycles. The van der Waals surface area contributed by atoms with Crippen molar-refractivity contribution >= 4 is 5.69 Å². The van der Waals surface area contributed by atoms with Gasteiger partial charge >= 0.3 is 0 Å². The van der Waals surface area contributed by atoms with Crippen LogP contribution in [0.4, 0.5) is 10.1 Å². The Morgan fingerprint density at radius 2 is 2.04 bits per heavy atom. The highest BCUT2D eigenvalue weighted by atomic mass is 19.1. The molecular formula is C26H30FN. The first kappa shape index (κ1) is 19.0. The van der Waals surface area contributed by atoms with E-state index in [0.717, 1.165) is 44.5 Å². The number of halogens is 1. The third kappa shape index (κ3) is 4.06. The van der Waals surface area contributed by atoms with Crippen molar-refractivity contribution in [2.45, 2.75) is 51.4 Å². The molecule has 1 aromatic carbocycles. The van der Waals surface area contributed by atoms with Gasteiger partial charge in [-0.1, -0.05) is 43.0 Å². The van der Waals surface area contributed by atoms with Gasteiger partial charge < -0.3 is 4.90 Å². The van der Waals surface area contributed by atoms with Crippen molar-refractivity contribution < 1.29 is 4.39 Å². The quantitative estimate of drug-likeness (QED) is 0.547. The van der Waals surface area contributed by atoms with Gasteiger partial charge in [-0.2, -0.15) is 0 Å². The number of benzene rings is 1. The van der Waals surface area contributed by atoms with Gasteiger partial charge in [0.1, 0.15) is 5.82 Å². The summed E-state index contributed by atoms with van der Waals surface area (Å²) in [5, 5.41) is 0. The van der Waals surface area contributed by atoms with Crippen molar-refractivity contribution in [2.75, 3.05) is 18.0 Å². The first-order valence-electron chi connectivity index (χ1n) is 10.6. The molecule has 0 atom stereocenters. The Bertz CT molecular complexity index is 880. The Labute approximate surface area is 168 Å². The van der Waals surface area contributed by atoms with Crippen LogP contribution < -0.4 is 4.90 Å². The van der Waals surface area contributed by atoms with Gasteiger partial charge in [0.05, 0.1) is 5.69 Å². The third-order valence-corrected chi connectivity index (χ3v) is 6.10. The van der Waals surface area contributed by atoms with Crippen LogP contribution in [-0.2, 0) is 0 Å². The lowest BCUT2D eigenvalue weighted by Crippen LogP contribution is -2.27. The van der Waals surface area contributed by atoms with Crippen LogP contribution in [0.15, 0.2) is 77.5 Å². The van der Waals surface area contributed by atoms with Gasteiger partial charge in [-0.3, -0.25) is 0 Å². The number of hydrogen-bond acceptors (Lipinski definition) is 1. The molecule has 0 radical (unpaired) electrons. The highest BCUT2D eigenvalue weighted by Crippen LogP contribution is 2.41. The lowest BCUT2D eigenvalue weighted by Gasteiger charge is -2.27. The number of rotatable bonds is 4. The minimum atomic E-state index is -0.0557. The van der Waals surface area contributed by atoms with E-state index in [0.29, 0.717) is 5.92 Å². The van der Waals surface area contributed by atoms with Gasteiger partial charge in [-0.05, 0) is 91.4 Å². The van der Waals surface area contributed by atoms with Gasteiger partial charge in [-0.25, -0.2) is 4.39 Å². The number of allylic oxidation sites excluding steroid dienone is 8. The molecule has 1 aromatic rings. The molecule has 0 unspecified atom stereocenters. The molecule has 2 aliphatic carbocycles. The standard InChI is InChI=1S/C26H30FN/c1-3-4-7-20-12-14-24(19(20)2)22-8-5-16-28(17-6-9-22)26-15-13-23(18-25(26)27)21-10-11-21/h3-4,7-8,13-15,18,21H,2,5-6,9-12,16-17H2,1H3/b4-3-,20-7-,22-8+. The topological polar surface area (TPSA) is 3.24 Å². The zero-order chi connectivity index (χ0) is 19.5. The molecule has 1 fully saturated rings. The molecule has 146 valence electrons. The Kier molecular flexibility index (Phi) is 5.66. The molecule has 0 saturated heterocycles. The summed E-state index contributed by atoms with van der Waals surface area (Å²) >= 11 is 0. The highest BCUT2D eigenvalue weighted by molar-refractivity contribution is 5.61. The summed E-state index contributed by atoms with van der Waals surface area (Å²) in [5.74, 6) is 0.542. The van der Waals surface area contributed by atoms with E-state index in [1.807, 2.05) is 13.0 Å². The van der Waals surface area contributed by atoms with Crippen molar-refractivity contribution in [1.82, 2.24) is 0 Å². The fourth-order valence-corrected chi connectivity index (χ4v) is 4.34. The highest BCUT2D eigenvalue weighted by Gasteiger charge is 2.25. The monoisotopic (exact) mass is 375 g/mol. The van der Waals surface area contributed by atoms with Crippen LogP contribution >= 0.6 is 0 Å². The van der Waals surface area contributed by atoms with E-state index in [2.05, 4.69) is 47.9 Å². The average molecular weight is 376 g/mol. The normalized spacial score (nSPS) is 24.3. The molecular weight excluding hydrogens is 345 g/mol. The summed E-state index contributed by atoms with van der Waals surface area (Å²) in [7, 11) is 0. The molecule has 1 aliphatic heterocycles. The maximum Gasteiger partial charge on any atom is 0.146 e. The lowest BCUT2D eigenvalue weighted by molar-refractivity contribution is 0.608. The molecule has 0 amide bonds. The maximum absolute atomic E-state index is 14.7. The predicted octanol–water partition coefficient (Wildman–Crippen LogP) is 7.01. The summed E-state index contributed by atoms with van der Waals surface area (Å²) in [4.78, 5) is 2.22. The number of hydrogen-bond donors (Lipinski definition) is 0. The second-order valence-electron chi connectivity index (χ2n) is 8.11. The second-order valence-corrected chi connectivity index (χ2v) is 8.11. The number of nitrogens with zero attached hydrogens (tertiary/aromatic N) is 1. The lowest BCUT2D eigenvalue weighted by atomic mass is 9.94. The first-order valence-corrected chi connectivity index (χ1v) is 10.6. The molecule has 2 heteroatoms. The van der Waals surface area contributed by atoms with Crippen LogP contribution in [0.1, 0.15) is 56.9 Å². The van der Waals surface area contributed by atoms with Crippen molar-refractivity contribution in [2.24, 2.45) is 0 Å². The summed E-state index contributed by atoms with van der Waals surface area (Å²) < 4.78 is 14.7. The van der Waals surface area contributed by atoms with Crippen molar-refractivity contribution in [1.29, 1.82) is 0 Å². The molecule has 4 rings (SSSR count). The molecule has 0 N–H and O–H groups in total. The van der Waals surface area contributed by atoms with E-state index in [9.17, 15) is 4.39 Å². The first-order chi connectivity index (χ1) is 13.7. The van der Waals surface area contributed by atoms with Gasteiger partial charge in [0.15, 0.2) is 0 Å². The van der Waals surface area contributed by atoms with E-state index < -0.39 is 0 Å². The Morgan fingerprint density at radius 1 is 1.18 bits per heavy atom. The Balaban J connectivity index is 1.44. The van der Waals surface area contributed by atoms with Crippen LogP contribution in [0.3, 0.4) is 0 Å². The molecule has 0 bridgehead atoms. The van der Waals surface area contributed by atoms with Gasteiger partial charge in [0.25, 0.3) is 0 Å². The Hall–Kier alpha value is -2.35. The Morgan fingerprint density at radius 3 is 2.79 bits per heavy atom. The molecule has 1 nitrogen and oxygen atoms in total. The molecule has 1 saturated carbocycles. The van der Waals surface area contributed by atoms with Crippen LogP contribution in [-0.4, -0.2) is 13.1 Å². The second kappa shape index (κ2) is 8.34. The fraction of sp³-hybridized carbons (Fsp3) is 0.385. The molecule has 1 heterocycles. The summed E-state index contributed by atoms with van der Waals surface area (Å²) in [6.07, 6.45) is 17.4. The van der Waals surface area contributed by atoms with Crippen molar-refractivity contribution in [3.63, 3.8) is 0 Å². The largest absolute Gasteiger partial charge is 0.369 e. The average Bonchev–Trinajstić information content (AvgIpc) is 3.45. The molecule has 3 aliphatic rings. The smallest absolute Gasteiger partial charge is 0.146 e. The summed E-state index contributed by atoms with van der Waals surface area (Å²) in [6, 6.07) is 5.88. The fourth-order valence-electron chi connectivity index (χ4n) is 4.34. The van der Waals surface area contributed by atoms with E-state index in [-0.39, 0.29) is 5.82 Å². The van der Waals surface area contributed by atoms with E-state index in [1.54, 1.807) is 6.07 Å². The number of anilines is 1. The summed E-state index contributed by atoms with van der Waals surface area (Å²) in [6.45, 7) is 8.13. The van der Waals surface area contributed by atoms with Crippen LogP contribution in [0.25, 0.3) is 0 Å². The minimum Gasteiger partial charge on any atom is -0.369 e. The van der Waals surface area contributed by atoms with Crippen LogP contribution in [0, 0.1) is 5.82 Å². The zero-order valence-corrected chi connectivity index (χ0v) is 16.9. The van der Waals surface area contributed by atoms with E-state index in [1.165, 1.54) is 40.7 Å². The predicted molar refractivity (Wildman–Crippen MR) is 117 cm³/mol. The minimum absolute atomic E-state index is 0.0557. The van der Waals surface area contributed by atoms with Crippen molar-refractivity contribution in [3.05, 3.63) is 88.8 Å². The van der Waals surface area contributed by atoms with E-state index in [4.69, 9.17) is 0 Å². The van der Waals surface area contributed by atoms with Gasteiger partial charge in [0.2, 0.25) is 0 Å². The third-order valence-electron chi connectivity index (χ3n) is 6.10.